The quantitative estimate of drug-likeness (QED) is 0.265. The molecule has 0 saturated carbocycles. The van der Waals surface area contributed by atoms with Gasteiger partial charge < -0.3 is 19.8 Å². The molecule has 2 N–H and O–H groups in total. The van der Waals surface area contributed by atoms with Crippen molar-refractivity contribution in [3.05, 3.63) is 70.1 Å². The fourth-order valence-electron chi connectivity index (χ4n) is 5.59. The molecule has 1 atom stereocenters. The van der Waals surface area contributed by atoms with Gasteiger partial charge in [-0.1, -0.05) is 11.6 Å². The highest BCUT2D eigenvalue weighted by molar-refractivity contribution is 6.32. The van der Waals surface area contributed by atoms with Crippen molar-refractivity contribution in [3.8, 4) is 5.75 Å². The van der Waals surface area contributed by atoms with Crippen LogP contribution < -0.4 is 4.74 Å². The Balaban J connectivity index is 1.39. The lowest BCUT2D eigenvalue weighted by Gasteiger charge is -2.41. The molecule has 1 aromatic heterocycles. The molecule has 1 fully saturated rings. The second kappa shape index (κ2) is 12.5. The number of aromatic nitrogens is 1. The predicted octanol–water partition coefficient (Wildman–Crippen LogP) is 6.32. The monoisotopic (exact) mass is 564 g/mol. The van der Waals surface area contributed by atoms with Gasteiger partial charge in [-0.25, -0.2) is 13.2 Å². The first-order chi connectivity index (χ1) is 18.6. The molecule has 3 aromatic rings. The van der Waals surface area contributed by atoms with Gasteiger partial charge in [0.15, 0.2) is 11.6 Å². The molecule has 210 valence electrons. The van der Waals surface area contributed by atoms with Crippen LogP contribution in [0.5, 0.6) is 5.75 Å². The third-order valence-electron chi connectivity index (χ3n) is 7.78. The van der Waals surface area contributed by atoms with Crippen molar-refractivity contribution in [3.63, 3.8) is 0 Å². The van der Waals surface area contributed by atoms with E-state index in [1.54, 1.807) is 25.3 Å². The highest BCUT2D eigenvalue weighted by Crippen LogP contribution is 2.43. The number of halogens is 4. The lowest BCUT2D eigenvalue weighted by atomic mass is 9.71. The molecular weight excluding hydrogens is 533 g/mol. The number of aryl methyl sites for hydroxylation is 1. The number of carboxylic acid groups (broad SMARTS) is 1. The number of nitrogens with zero attached hydrogens (tertiary/aromatic N) is 2. The Morgan fingerprint density at radius 2 is 1.95 bits per heavy atom. The molecule has 0 bridgehead atoms. The van der Waals surface area contributed by atoms with Crippen LogP contribution in [-0.4, -0.2) is 52.8 Å². The minimum absolute atomic E-state index is 0.0126. The SMILES string of the molecule is COc1ccc2ncc(Cl)c(C(O)CCC3(CC(=O)O)CCN(CCCc4cc(F)cc(F)c4F)CC3)c2c1. The van der Waals surface area contributed by atoms with Gasteiger partial charge >= 0.3 is 5.97 Å². The number of aliphatic hydroxyl groups excluding tert-OH is 1. The standard InChI is InChI=1S/C29H32ClF3N2O4/c1-39-20-4-5-24-21(15-20)27(22(30)17-34-24)25(36)6-7-29(16-26(37)38)8-11-35(12-9-29)10-2-3-18-13-19(31)14-23(32)28(18)33/h4-5,13-15,17,25,36H,2-3,6-12,16H2,1H3,(H,37,38). The van der Waals surface area contributed by atoms with Crippen molar-refractivity contribution < 1.29 is 32.9 Å². The van der Waals surface area contributed by atoms with Crippen molar-refractivity contribution in [2.24, 2.45) is 5.41 Å². The maximum Gasteiger partial charge on any atom is 0.303 e. The Morgan fingerprint density at radius 1 is 1.21 bits per heavy atom. The van der Waals surface area contributed by atoms with Crippen LogP contribution in [0, 0.1) is 22.9 Å². The molecule has 39 heavy (non-hydrogen) atoms. The Morgan fingerprint density at radius 3 is 2.64 bits per heavy atom. The van der Waals surface area contributed by atoms with Gasteiger partial charge in [-0.3, -0.25) is 9.78 Å². The van der Waals surface area contributed by atoms with E-state index in [4.69, 9.17) is 16.3 Å². The normalized spacial score (nSPS) is 16.4. The Bertz CT molecular complexity index is 1330. The van der Waals surface area contributed by atoms with E-state index in [1.807, 2.05) is 0 Å². The van der Waals surface area contributed by atoms with E-state index in [2.05, 4.69) is 9.88 Å². The van der Waals surface area contributed by atoms with E-state index >= 15 is 0 Å². The zero-order valence-electron chi connectivity index (χ0n) is 21.7. The average molecular weight is 565 g/mol. The summed E-state index contributed by atoms with van der Waals surface area (Å²) in [5, 5.41) is 21.8. The van der Waals surface area contributed by atoms with Gasteiger partial charge in [-0.15, -0.1) is 0 Å². The van der Waals surface area contributed by atoms with Crippen LogP contribution in [0.4, 0.5) is 13.2 Å². The lowest BCUT2D eigenvalue weighted by molar-refractivity contribution is -0.141. The number of likely N-dealkylation sites (tertiary alicyclic amines) is 1. The van der Waals surface area contributed by atoms with Gasteiger partial charge in [0.1, 0.15) is 11.6 Å². The van der Waals surface area contributed by atoms with Crippen molar-refractivity contribution in [2.75, 3.05) is 26.7 Å². The summed E-state index contributed by atoms with van der Waals surface area (Å²) < 4.78 is 46.2. The highest BCUT2D eigenvalue weighted by atomic mass is 35.5. The summed E-state index contributed by atoms with van der Waals surface area (Å²) in [6.45, 7) is 1.88. The molecule has 0 spiro atoms. The summed E-state index contributed by atoms with van der Waals surface area (Å²) in [7, 11) is 1.55. The van der Waals surface area contributed by atoms with Gasteiger partial charge in [0.2, 0.25) is 0 Å². The Labute approximate surface area is 230 Å². The van der Waals surface area contributed by atoms with Gasteiger partial charge in [0.25, 0.3) is 0 Å². The van der Waals surface area contributed by atoms with E-state index in [9.17, 15) is 28.2 Å². The zero-order chi connectivity index (χ0) is 28.2. The van der Waals surface area contributed by atoms with Crippen LogP contribution in [0.25, 0.3) is 10.9 Å². The second-order valence-corrected chi connectivity index (χ2v) is 10.7. The van der Waals surface area contributed by atoms with Crippen LogP contribution in [0.3, 0.4) is 0 Å². The number of piperidine rings is 1. The molecule has 2 aromatic carbocycles. The number of benzene rings is 2. The van der Waals surface area contributed by atoms with Crippen LogP contribution in [0.2, 0.25) is 5.02 Å². The molecule has 0 amide bonds. The van der Waals surface area contributed by atoms with E-state index < -0.39 is 34.9 Å². The summed E-state index contributed by atoms with van der Waals surface area (Å²) in [6, 6.07) is 6.91. The number of pyridine rings is 1. The largest absolute Gasteiger partial charge is 0.497 e. The molecule has 6 nitrogen and oxygen atoms in total. The maximum atomic E-state index is 13.9. The maximum absolute atomic E-state index is 13.9. The first-order valence-electron chi connectivity index (χ1n) is 13.0. The smallest absolute Gasteiger partial charge is 0.303 e. The number of carbonyl (C=O) groups is 1. The average Bonchev–Trinajstić information content (AvgIpc) is 2.90. The first-order valence-corrected chi connectivity index (χ1v) is 13.4. The number of rotatable bonds is 11. The van der Waals surface area contributed by atoms with Crippen LogP contribution in [-0.2, 0) is 11.2 Å². The topological polar surface area (TPSA) is 82.9 Å². The molecule has 0 aliphatic carbocycles. The summed E-state index contributed by atoms with van der Waals surface area (Å²) in [6.07, 6.45) is 3.35. The highest BCUT2D eigenvalue weighted by Gasteiger charge is 2.37. The molecule has 4 rings (SSSR count). The summed E-state index contributed by atoms with van der Waals surface area (Å²) >= 11 is 6.44. The molecule has 0 radical (unpaired) electrons. The van der Waals surface area contributed by atoms with E-state index in [0.717, 1.165) is 6.07 Å². The van der Waals surface area contributed by atoms with Crippen molar-refractivity contribution >= 4 is 28.5 Å². The van der Waals surface area contributed by atoms with Gasteiger partial charge in [0, 0.05) is 23.2 Å². The molecular formula is C29H32ClF3N2O4. The second-order valence-electron chi connectivity index (χ2n) is 10.3. The fraction of sp³-hybridized carbons (Fsp3) is 0.448. The number of hydrogen-bond acceptors (Lipinski definition) is 5. The van der Waals surface area contributed by atoms with Gasteiger partial charge in [-0.05, 0) is 93.4 Å². The number of aliphatic carboxylic acids is 1. The van der Waals surface area contributed by atoms with Crippen molar-refractivity contribution in [1.29, 1.82) is 0 Å². The molecule has 10 heteroatoms. The Kier molecular flexibility index (Phi) is 9.35. The summed E-state index contributed by atoms with van der Waals surface area (Å²) in [5.41, 5.74) is 0.737. The number of fused-ring (bicyclic) bond motifs is 1. The number of hydrogen-bond donors (Lipinski definition) is 2. The van der Waals surface area contributed by atoms with Crippen molar-refractivity contribution in [1.82, 2.24) is 9.88 Å². The summed E-state index contributed by atoms with van der Waals surface area (Å²) in [4.78, 5) is 18.3. The van der Waals surface area contributed by atoms with E-state index in [0.29, 0.717) is 85.0 Å². The number of methoxy groups -OCH3 is 1. The minimum Gasteiger partial charge on any atom is -0.497 e. The molecule has 1 saturated heterocycles. The van der Waals surface area contributed by atoms with Crippen LogP contribution >= 0.6 is 11.6 Å². The number of aliphatic hydroxyl groups is 1. The number of ether oxygens (including phenoxy) is 1. The predicted molar refractivity (Wildman–Crippen MR) is 142 cm³/mol. The minimum atomic E-state index is -1.19. The number of carboxylic acids is 1. The van der Waals surface area contributed by atoms with Gasteiger partial charge in [-0.2, -0.15) is 0 Å². The zero-order valence-corrected chi connectivity index (χ0v) is 22.5. The molecule has 2 heterocycles. The van der Waals surface area contributed by atoms with Crippen LogP contribution in [0.15, 0.2) is 36.5 Å². The first kappa shape index (κ1) is 29.1. The van der Waals surface area contributed by atoms with E-state index in [-0.39, 0.29) is 18.4 Å². The van der Waals surface area contributed by atoms with Gasteiger partial charge in [0.05, 0.1) is 30.2 Å². The van der Waals surface area contributed by atoms with Crippen molar-refractivity contribution in [2.45, 2.75) is 51.0 Å². The Hall–Kier alpha value is -2.88. The van der Waals surface area contributed by atoms with E-state index in [1.165, 1.54) is 6.20 Å². The van der Waals surface area contributed by atoms with Crippen LogP contribution in [0.1, 0.15) is 55.8 Å². The molecule has 1 aliphatic heterocycles. The third kappa shape index (κ3) is 7.01. The molecule has 1 unspecified atom stereocenters. The fourth-order valence-corrected chi connectivity index (χ4v) is 5.87. The summed E-state index contributed by atoms with van der Waals surface area (Å²) in [5.74, 6) is -3.29. The third-order valence-corrected chi connectivity index (χ3v) is 8.08. The molecule has 1 aliphatic rings. The lowest BCUT2D eigenvalue weighted by Crippen LogP contribution is -2.41.